The van der Waals surface area contributed by atoms with Gasteiger partial charge in [0.1, 0.15) is 11.8 Å². The van der Waals surface area contributed by atoms with Crippen LogP contribution < -0.4 is 10.1 Å². The maximum absolute atomic E-state index is 13.3. The van der Waals surface area contributed by atoms with Gasteiger partial charge in [-0.15, -0.1) is 0 Å². The molecule has 0 aliphatic heterocycles. The minimum Gasteiger partial charge on any atom is -0.484 e. The number of benzene rings is 3. The predicted octanol–water partition coefficient (Wildman–Crippen LogP) is 4.71. The molecule has 7 heteroatoms. The monoisotopic (exact) mass is 562 g/mol. The second kappa shape index (κ2) is 11.9. The van der Waals surface area contributed by atoms with Crippen molar-refractivity contribution >= 4 is 46.0 Å². The molecule has 1 N–H and O–H groups in total. The molecule has 3 aromatic carbocycles. The highest BCUT2D eigenvalue weighted by molar-refractivity contribution is 14.1. The zero-order valence-electron chi connectivity index (χ0n) is 17.6. The van der Waals surface area contributed by atoms with Crippen molar-refractivity contribution in [2.45, 2.75) is 19.0 Å². The zero-order valence-corrected chi connectivity index (χ0v) is 20.5. The van der Waals surface area contributed by atoms with E-state index in [1.165, 1.54) is 0 Å². The largest absolute Gasteiger partial charge is 0.484 e. The van der Waals surface area contributed by atoms with Gasteiger partial charge >= 0.3 is 0 Å². The fourth-order valence-electron chi connectivity index (χ4n) is 3.27. The maximum Gasteiger partial charge on any atom is 0.261 e. The third-order valence-electron chi connectivity index (χ3n) is 4.96. The SMILES string of the molecule is CNC(=O)[C@@H](Cc1ccccc1)N(Cc1ccc(Cl)cc1)C(=O)COc1ccc(I)cc1. The minimum absolute atomic E-state index is 0.170. The van der Waals surface area contributed by atoms with Crippen LogP contribution in [-0.2, 0) is 22.6 Å². The van der Waals surface area contributed by atoms with Crippen LogP contribution in [0.25, 0.3) is 0 Å². The van der Waals surface area contributed by atoms with E-state index in [0.29, 0.717) is 17.2 Å². The molecular weight excluding hydrogens is 539 g/mol. The molecule has 0 aromatic heterocycles. The predicted molar refractivity (Wildman–Crippen MR) is 135 cm³/mol. The Morgan fingerprint density at radius 3 is 2.25 bits per heavy atom. The lowest BCUT2D eigenvalue weighted by Gasteiger charge is -2.31. The smallest absolute Gasteiger partial charge is 0.261 e. The summed E-state index contributed by atoms with van der Waals surface area (Å²) < 4.78 is 6.80. The van der Waals surface area contributed by atoms with Crippen LogP contribution in [0.15, 0.2) is 78.9 Å². The van der Waals surface area contributed by atoms with Crippen LogP contribution in [0.2, 0.25) is 5.02 Å². The number of hydrogen-bond acceptors (Lipinski definition) is 3. The van der Waals surface area contributed by atoms with E-state index in [2.05, 4.69) is 27.9 Å². The van der Waals surface area contributed by atoms with Gasteiger partial charge in [0.15, 0.2) is 6.61 Å². The van der Waals surface area contributed by atoms with E-state index < -0.39 is 6.04 Å². The Balaban J connectivity index is 1.85. The van der Waals surface area contributed by atoms with E-state index in [1.54, 1.807) is 24.1 Å². The van der Waals surface area contributed by atoms with Crippen LogP contribution in [0.5, 0.6) is 5.75 Å². The molecule has 2 amide bonds. The summed E-state index contributed by atoms with van der Waals surface area (Å²) in [6.07, 6.45) is 0.392. The number of carbonyl (C=O) groups excluding carboxylic acids is 2. The Hall–Kier alpha value is -2.58. The molecule has 0 bridgehead atoms. The zero-order chi connectivity index (χ0) is 22.9. The van der Waals surface area contributed by atoms with Crippen molar-refractivity contribution in [1.29, 1.82) is 0 Å². The number of amides is 2. The van der Waals surface area contributed by atoms with Crippen molar-refractivity contribution in [3.63, 3.8) is 0 Å². The Labute approximate surface area is 206 Å². The van der Waals surface area contributed by atoms with Gasteiger partial charge in [0.05, 0.1) is 0 Å². The molecule has 0 spiro atoms. The average molecular weight is 563 g/mol. The number of nitrogens with zero attached hydrogens (tertiary/aromatic N) is 1. The summed E-state index contributed by atoms with van der Waals surface area (Å²) in [5, 5.41) is 3.31. The Morgan fingerprint density at radius 2 is 1.62 bits per heavy atom. The quantitative estimate of drug-likeness (QED) is 0.385. The summed E-state index contributed by atoms with van der Waals surface area (Å²) in [6, 6.07) is 23.7. The van der Waals surface area contributed by atoms with Gasteiger partial charge in [0, 0.05) is 28.6 Å². The van der Waals surface area contributed by atoms with Crippen molar-refractivity contribution in [2.75, 3.05) is 13.7 Å². The van der Waals surface area contributed by atoms with Crippen molar-refractivity contribution in [1.82, 2.24) is 10.2 Å². The fraction of sp³-hybridized carbons (Fsp3) is 0.200. The summed E-state index contributed by atoms with van der Waals surface area (Å²) in [5.41, 5.74) is 1.84. The highest BCUT2D eigenvalue weighted by Crippen LogP contribution is 2.18. The number of rotatable bonds is 9. The Bertz CT molecular complexity index is 1030. The van der Waals surface area contributed by atoms with Crippen LogP contribution in [0.1, 0.15) is 11.1 Å². The summed E-state index contributed by atoms with van der Waals surface area (Å²) >= 11 is 8.23. The first-order chi connectivity index (χ1) is 15.5. The summed E-state index contributed by atoms with van der Waals surface area (Å²) in [4.78, 5) is 27.7. The van der Waals surface area contributed by atoms with Crippen molar-refractivity contribution in [3.05, 3.63) is 98.6 Å². The Kier molecular flexibility index (Phi) is 8.93. The van der Waals surface area contributed by atoms with E-state index in [4.69, 9.17) is 16.3 Å². The molecule has 0 saturated heterocycles. The Morgan fingerprint density at radius 1 is 0.969 bits per heavy atom. The topological polar surface area (TPSA) is 58.6 Å². The molecule has 0 saturated carbocycles. The maximum atomic E-state index is 13.3. The van der Waals surface area contributed by atoms with Gasteiger partial charge in [-0.3, -0.25) is 9.59 Å². The second-order valence-electron chi connectivity index (χ2n) is 7.21. The van der Waals surface area contributed by atoms with Crippen molar-refractivity contribution in [3.8, 4) is 5.75 Å². The molecule has 3 rings (SSSR count). The highest BCUT2D eigenvalue weighted by Gasteiger charge is 2.30. The molecule has 5 nitrogen and oxygen atoms in total. The summed E-state index contributed by atoms with van der Waals surface area (Å²) in [7, 11) is 1.58. The number of hydrogen-bond donors (Lipinski definition) is 1. The van der Waals surface area contributed by atoms with Crippen molar-refractivity contribution < 1.29 is 14.3 Å². The molecular formula is C25H24ClIN2O3. The molecule has 0 radical (unpaired) electrons. The van der Waals surface area contributed by atoms with E-state index >= 15 is 0 Å². The standard InChI is InChI=1S/C25H24ClIN2O3/c1-28-25(31)23(15-18-5-3-2-4-6-18)29(16-19-7-9-20(26)10-8-19)24(30)17-32-22-13-11-21(27)12-14-22/h2-14,23H,15-17H2,1H3,(H,28,31)/t23-/m1/s1. The van der Waals surface area contributed by atoms with Crippen molar-refractivity contribution in [2.24, 2.45) is 0 Å². The van der Waals surface area contributed by atoms with Crippen LogP contribution in [0, 0.1) is 3.57 Å². The fourth-order valence-corrected chi connectivity index (χ4v) is 3.75. The third kappa shape index (κ3) is 6.97. The van der Waals surface area contributed by atoms with Crippen LogP contribution in [0.3, 0.4) is 0 Å². The molecule has 0 unspecified atom stereocenters. The lowest BCUT2D eigenvalue weighted by molar-refractivity contribution is -0.142. The molecule has 0 aliphatic rings. The van der Waals surface area contributed by atoms with Crippen LogP contribution >= 0.6 is 34.2 Å². The number of carbonyl (C=O) groups is 2. The van der Waals surface area contributed by atoms with Gasteiger partial charge in [-0.25, -0.2) is 0 Å². The molecule has 32 heavy (non-hydrogen) atoms. The number of likely N-dealkylation sites (N-methyl/N-ethyl adjacent to an activating group) is 1. The molecule has 3 aromatic rings. The van der Waals surface area contributed by atoms with E-state index in [1.807, 2.05) is 66.7 Å². The van der Waals surface area contributed by atoms with Gasteiger partial charge in [-0.05, 0) is 70.1 Å². The summed E-state index contributed by atoms with van der Waals surface area (Å²) in [5.74, 6) is 0.0956. The number of nitrogens with one attached hydrogen (secondary N) is 1. The normalized spacial score (nSPS) is 11.5. The third-order valence-corrected chi connectivity index (χ3v) is 5.93. The van der Waals surface area contributed by atoms with E-state index in [-0.39, 0.29) is 25.0 Å². The molecule has 0 aliphatic carbocycles. The molecule has 1 atom stereocenters. The van der Waals surface area contributed by atoms with Gasteiger partial charge in [-0.2, -0.15) is 0 Å². The van der Waals surface area contributed by atoms with Crippen LogP contribution in [0.4, 0.5) is 0 Å². The minimum atomic E-state index is -0.689. The first kappa shape index (κ1) is 24.1. The second-order valence-corrected chi connectivity index (χ2v) is 8.89. The summed E-state index contributed by atoms with van der Waals surface area (Å²) in [6.45, 7) is 0.0907. The highest BCUT2D eigenvalue weighted by atomic mass is 127. The lowest BCUT2D eigenvalue weighted by Crippen LogP contribution is -2.51. The van der Waals surface area contributed by atoms with Gasteiger partial charge in [-0.1, -0.05) is 54.1 Å². The number of ether oxygens (including phenoxy) is 1. The molecule has 166 valence electrons. The van der Waals surface area contributed by atoms with Gasteiger partial charge < -0.3 is 15.0 Å². The number of halogens is 2. The lowest BCUT2D eigenvalue weighted by atomic mass is 10.0. The van der Waals surface area contributed by atoms with Crippen LogP contribution in [-0.4, -0.2) is 36.4 Å². The molecule has 0 fully saturated rings. The van der Waals surface area contributed by atoms with Gasteiger partial charge in [0.2, 0.25) is 5.91 Å². The average Bonchev–Trinajstić information content (AvgIpc) is 2.82. The van der Waals surface area contributed by atoms with E-state index in [9.17, 15) is 9.59 Å². The molecule has 0 heterocycles. The van der Waals surface area contributed by atoms with Gasteiger partial charge in [0.25, 0.3) is 5.91 Å². The first-order valence-electron chi connectivity index (χ1n) is 10.1. The first-order valence-corrected chi connectivity index (χ1v) is 11.6. The van der Waals surface area contributed by atoms with E-state index in [0.717, 1.165) is 14.7 Å².